The molecule has 1 fully saturated rings. The number of benzene rings is 1. The van der Waals surface area contributed by atoms with E-state index in [2.05, 4.69) is 52.9 Å². The maximum atomic E-state index is 6.07. The van der Waals surface area contributed by atoms with E-state index in [1.165, 1.54) is 11.1 Å². The van der Waals surface area contributed by atoms with Gasteiger partial charge in [0, 0.05) is 32.7 Å². The molecule has 0 spiro atoms. The van der Waals surface area contributed by atoms with Gasteiger partial charge in [-0.25, -0.2) is 4.99 Å². The Kier molecular flexibility index (Phi) is 9.50. The van der Waals surface area contributed by atoms with Crippen molar-refractivity contribution in [2.24, 2.45) is 10.7 Å². The molecule has 6 heteroatoms. The zero-order chi connectivity index (χ0) is 15.8. The van der Waals surface area contributed by atoms with Crippen LogP contribution in [0, 0.1) is 0 Å². The van der Waals surface area contributed by atoms with Gasteiger partial charge in [-0.2, -0.15) is 0 Å². The van der Waals surface area contributed by atoms with Crippen LogP contribution in [0.15, 0.2) is 29.3 Å². The molecule has 0 aliphatic carbocycles. The lowest BCUT2D eigenvalue weighted by Gasteiger charge is -2.27. The van der Waals surface area contributed by atoms with Crippen LogP contribution >= 0.6 is 24.0 Å². The van der Waals surface area contributed by atoms with Crippen molar-refractivity contribution in [2.45, 2.75) is 26.9 Å². The van der Waals surface area contributed by atoms with Crippen LogP contribution in [-0.4, -0.2) is 55.2 Å². The highest BCUT2D eigenvalue weighted by Crippen LogP contribution is 2.14. The maximum Gasteiger partial charge on any atom is 0.191 e. The van der Waals surface area contributed by atoms with E-state index < -0.39 is 0 Å². The fourth-order valence-corrected chi connectivity index (χ4v) is 2.68. The topological polar surface area (TPSA) is 54.1 Å². The standard InChI is InChI=1S/C17H28N4O.HI/c1-3-21(4-2)17(18)19-13-15-7-5-6-8-16(15)14-20-9-11-22-12-10-20;/h5-8H,3-4,9-14H2,1-2H3,(H2,18,19);1H. The van der Waals surface area contributed by atoms with Gasteiger partial charge in [0.25, 0.3) is 0 Å². The molecular weight excluding hydrogens is 403 g/mol. The summed E-state index contributed by atoms with van der Waals surface area (Å²) in [7, 11) is 0. The Morgan fingerprint density at radius 3 is 2.39 bits per heavy atom. The van der Waals surface area contributed by atoms with Crippen molar-refractivity contribution >= 4 is 29.9 Å². The molecule has 0 amide bonds. The number of guanidine groups is 1. The highest BCUT2D eigenvalue weighted by molar-refractivity contribution is 14.0. The fourth-order valence-electron chi connectivity index (χ4n) is 2.68. The van der Waals surface area contributed by atoms with Gasteiger partial charge in [-0.1, -0.05) is 24.3 Å². The number of ether oxygens (including phenoxy) is 1. The minimum absolute atomic E-state index is 0. The second-order valence-corrected chi connectivity index (χ2v) is 5.50. The minimum Gasteiger partial charge on any atom is -0.379 e. The van der Waals surface area contributed by atoms with Crippen LogP contribution in [-0.2, 0) is 17.8 Å². The molecule has 23 heavy (non-hydrogen) atoms. The number of aliphatic imine (C=N–C) groups is 1. The van der Waals surface area contributed by atoms with Gasteiger partial charge < -0.3 is 15.4 Å². The summed E-state index contributed by atoms with van der Waals surface area (Å²) in [4.78, 5) is 9.07. The van der Waals surface area contributed by atoms with E-state index in [9.17, 15) is 0 Å². The van der Waals surface area contributed by atoms with Crippen LogP contribution in [0.3, 0.4) is 0 Å². The summed E-state index contributed by atoms with van der Waals surface area (Å²) in [6.45, 7) is 11.2. The normalized spacial score (nSPS) is 16.0. The summed E-state index contributed by atoms with van der Waals surface area (Å²) in [5, 5.41) is 0. The van der Waals surface area contributed by atoms with Crippen molar-refractivity contribution in [1.82, 2.24) is 9.80 Å². The molecule has 2 rings (SSSR count). The highest BCUT2D eigenvalue weighted by atomic mass is 127. The first-order valence-electron chi connectivity index (χ1n) is 8.16. The predicted molar refractivity (Wildman–Crippen MR) is 106 cm³/mol. The quantitative estimate of drug-likeness (QED) is 0.426. The van der Waals surface area contributed by atoms with Crippen molar-refractivity contribution in [3.8, 4) is 0 Å². The smallest absolute Gasteiger partial charge is 0.191 e. The maximum absolute atomic E-state index is 6.07. The van der Waals surface area contributed by atoms with E-state index in [4.69, 9.17) is 10.5 Å². The average molecular weight is 432 g/mol. The van der Waals surface area contributed by atoms with E-state index in [1.807, 2.05) is 0 Å². The van der Waals surface area contributed by atoms with Gasteiger partial charge in [0.15, 0.2) is 5.96 Å². The van der Waals surface area contributed by atoms with Crippen LogP contribution in [0.25, 0.3) is 0 Å². The highest BCUT2D eigenvalue weighted by Gasteiger charge is 2.12. The summed E-state index contributed by atoms with van der Waals surface area (Å²) in [6.07, 6.45) is 0. The van der Waals surface area contributed by atoms with Crippen molar-refractivity contribution in [3.63, 3.8) is 0 Å². The molecule has 0 saturated carbocycles. The molecule has 0 unspecified atom stereocenters. The van der Waals surface area contributed by atoms with E-state index in [-0.39, 0.29) is 24.0 Å². The molecule has 1 heterocycles. The van der Waals surface area contributed by atoms with E-state index >= 15 is 0 Å². The average Bonchev–Trinajstić information content (AvgIpc) is 2.56. The lowest BCUT2D eigenvalue weighted by atomic mass is 10.1. The number of halogens is 1. The van der Waals surface area contributed by atoms with Gasteiger partial charge in [0.1, 0.15) is 0 Å². The molecule has 0 aromatic heterocycles. The molecular formula is C17H29IN4O. The molecule has 1 aliphatic heterocycles. The number of morpholine rings is 1. The van der Waals surface area contributed by atoms with Crippen molar-refractivity contribution in [2.75, 3.05) is 39.4 Å². The minimum atomic E-state index is 0. The Morgan fingerprint density at radius 1 is 1.17 bits per heavy atom. The summed E-state index contributed by atoms with van der Waals surface area (Å²) >= 11 is 0. The Hall–Kier alpha value is -0.860. The number of hydrogen-bond donors (Lipinski definition) is 1. The molecule has 130 valence electrons. The number of hydrogen-bond acceptors (Lipinski definition) is 3. The molecule has 0 radical (unpaired) electrons. The molecule has 0 atom stereocenters. The lowest BCUT2D eigenvalue weighted by Crippen LogP contribution is -2.37. The third kappa shape index (κ3) is 6.27. The Labute approximate surface area is 156 Å². The van der Waals surface area contributed by atoms with Crippen LogP contribution in [0.5, 0.6) is 0 Å². The third-order valence-corrected chi connectivity index (χ3v) is 4.11. The molecule has 1 aromatic carbocycles. The fraction of sp³-hybridized carbons (Fsp3) is 0.588. The third-order valence-electron chi connectivity index (χ3n) is 4.11. The second kappa shape index (κ2) is 10.8. The SMILES string of the molecule is CCN(CC)C(N)=NCc1ccccc1CN1CCOCC1.I. The first-order valence-corrected chi connectivity index (χ1v) is 8.16. The summed E-state index contributed by atoms with van der Waals surface area (Å²) in [5.41, 5.74) is 8.66. The van der Waals surface area contributed by atoms with Gasteiger partial charge in [-0.15, -0.1) is 24.0 Å². The number of rotatable bonds is 6. The van der Waals surface area contributed by atoms with Crippen molar-refractivity contribution in [1.29, 1.82) is 0 Å². The summed E-state index contributed by atoms with van der Waals surface area (Å²) < 4.78 is 5.41. The first-order chi connectivity index (χ1) is 10.7. The Morgan fingerprint density at radius 2 is 1.78 bits per heavy atom. The first kappa shape index (κ1) is 20.2. The zero-order valence-corrected chi connectivity index (χ0v) is 16.5. The Bertz CT molecular complexity index is 485. The summed E-state index contributed by atoms with van der Waals surface area (Å²) in [6, 6.07) is 8.50. The lowest BCUT2D eigenvalue weighted by molar-refractivity contribution is 0.0341. The second-order valence-electron chi connectivity index (χ2n) is 5.50. The van der Waals surface area contributed by atoms with Gasteiger partial charge in [-0.3, -0.25) is 4.90 Å². The summed E-state index contributed by atoms with van der Waals surface area (Å²) in [5.74, 6) is 0.631. The van der Waals surface area contributed by atoms with Gasteiger partial charge in [0.05, 0.1) is 19.8 Å². The largest absolute Gasteiger partial charge is 0.379 e. The number of nitrogens with two attached hydrogens (primary N) is 1. The van der Waals surface area contributed by atoms with Crippen molar-refractivity contribution < 1.29 is 4.74 Å². The van der Waals surface area contributed by atoms with Crippen LogP contribution < -0.4 is 5.73 Å². The van der Waals surface area contributed by atoms with Crippen LogP contribution in [0.1, 0.15) is 25.0 Å². The number of nitrogens with zero attached hydrogens (tertiary/aromatic N) is 3. The molecule has 0 bridgehead atoms. The van der Waals surface area contributed by atoms with Crippen molar-refractivity contribution in [3.05, 3.63) is 35.4 Å². The van der Waals surface area contributed by atoms with Gasteiger partial charge >= 0.3 is 0 Å². The van der Waals surface area contributed by atoms with Crippen LogP contribution in [0.2, 0.25) is 0 Å². The van der Waals surface area contributed by atoms with Gasteiger partial charge in [0.2, 0.25) is 0 Å². The molecule has 1 aromatic rings. The van der Waals surface area contributed by atoms with E-state index in [0.29, 0.717) is 12.5 Å². The molecule has 2 N–H and O–H groups in total. The predicted octanol–water partition coefficient (Wildman–Crippen LogP) is 2.29. The Balaban J connectivity index is 0.00000264. The monoisotopic (exact) mass is 432 g/mol. The molecule has 1 saturated heterocycles. The van der Waals surface area contributed by atoms with E-state index in [1.54, 1.807) is 0 Å². The molecule has 5 nitrogen and oxygen atoms in total. The van der Waals surface area contributed by atoms with Gasteiger partial charge in [-0.05, 0) is 25.0 Å². The zero-order valence-electron chi connectivity index (χ0n) is 14.2. The van der Waals surface area contributed by atoms with Crippen LogP contribution in [0.4, 0.5) is 0 Å². The van der Waals surface area contributed by atoms with E-state index in [0.717, 1.165) is 45.9 Å². The molecule has 1 aliphatic rings.